The Balaban J connectivity index is 0.000000465. The van der Waals surface area contributed by atoms with Gasteiger partial charge in [0, 0.05) is 19.5 Å². The summed E-state index contributed by atoms with van der Waals surface area (Å²) in [4.78, 5) is 21.2. The zero-order chi connectivity index (χ0) is 18.5. The first kappa shape index (κ1) is 22.8. The van der Waals surface area contributed by atoms with Crippen LogP contribution in [0.3, 0.4) is 0 Å². The van der Waals surface area contributed by atoms with Crippen molar-refractivity contribution < 1.29 is 44.4 Å². The van der Waals surface area contributed by atoms with E-state index in [2.05, 4.69) is 0 Å². The van der Waals surface area contributed by atoms with Crippen LogP contribution in [0.2, 0.25) is 0 Å². The number of phenols is 1. The second-order valence-electron chi connectivity index (χ2n) is 6.41. The molecule has 3 N–H and O–H groups in total. The molecule has 2 aromatic rings. The van der Waals surface area contributed by atoms with Gasteiger partial charge in [0.25, 0.3) is 0 Å². The van der Waals surface area contributed by atoms with E-state index in [0.29, 0.717) is 5.56 Å². The quantitative estimate of drug-likeness (QED) is 0.666. The van der Waals surface area contributed by atoms with Gasteiger partial charge in [-0.1, -0.05) is 45.0 Å². The number of rotatable bonds is 2. The summed E-state index contributed by atoms with van der Waals surface area (Å²) in [6.45, 7) is 7.75. The Labute approximate surface area is 160 Å². The van der Waals surface area contributed by atoms with E-state index in [0.717, 1.165) is 11.1 Å². The van der Waals surface area contributed by atoms with Gasteiger partial charge in [0.15, 0.2) is 0 Å². The van der Waals surface area contributed by atoms with Gasteiger partial charge in [-0.15, -0.1) is 0 Å². The third-order valence-electron chi connectivity index (χ3n) is 3.47. The van der Waals surface area contributed by atoms with E-state index in [1.807, 2.05) is 26.8 Å². The van der Waals surface area contributed by atoms with Gasteiger partial charge in [0.1, 0.15) is 11.3 Å². The van der Waals surface area contributed by atoms with Crippen molar-refractivity contribution in [2.75, 3.05) is 0 Å². The molecule has 2 rings (SSSR count). The molecule has 5 nitrogen and oxygen atoms in total. The maximum atomic E-state index is 10.7. The number of carboxylic acids is 2. The molecule has 0 aliphatic carbocycles. The molecule has 25 heavy (non-hydrogen) atoms. The Hall–Kier alpha value is -2.20. The number of carboxylic acid groups (broad SMARTS) is 2. The zero-order valence-corrected chi connectivity index (χ0v) is 17.9. The summed E-state index contributed by atoms with van der Waals surface area (Å²) in [5.74, 6) is -2.16. The van der Waals surface area contributed by atoms with Crippen molar-refractivity contribution in [1.82, 2.24) is 0 Å². The zero-order valence-electron chi connectivity index (χ0n) is 14.9. The van der Waals surface area contributed by atoms with Gasteiger partial charge in [-0.3, -0.25) is 0 Å². The molecule has 0 amide bonds. The molecule has 6 heteroatoms. The van der Waals surface area contributed by atoms with Crippen LogP contribution in [0.15, 0.2) is 42.5 Å². The van der Waals surface area contributed by atoms with Crippen molar-refractivity contribution in [3.63, 3.8) is 0 Å². The molecule has 0 fully saturated rings. The largest absolute Gasteiger partial charge is 0.507 e. The van der Waals surface area contributed by atoms with Crippen molar-refractivity contribution in [3.05, 3.63) is 64.7 Å². The molecule has 0 aliphatic rings. The number of benzene rings is 2. The van der Waals surface area contributed by atoms with Crippen molar-refractivity contribution >= 4 is 11.9 Å². The number of carbonyl (C=O) groups is 2. The van der Waals surface area contributed by atoms with E-state index in [1.54, 1.807) is 31.2 Å². The molecule has 0 bridgehead atoms. The van der Waals surface area contributed by atoms with E-state index in [4.69, 9.17) is 10.2 Å². The van der Waals surface area contributed by atoms with E-state index >= 15 is 0 Å². The van der Waals surface area contributed by atoms with Gasteiger partial charge < -0.3 is 15.3 Å². The Morgan fingerprint density at radius 2 is 1.40 bits per heavy atom. The third-order valence-corrected chi connectivity index (χ3v) is 3.47. The first-order valence-electron chi connectivity index (χ1n) is 7.39. The van der Waals surface area contributed by atoms with Gasteiger partial charge in [0.2, 0.25) is 0 Å². The van der Waals surface area contributed by atoms with Crippen LogP contribution in [0, 0.1) is 6.92 Å². The van der Waals surface area contributed by atoms with Crippen LogP contribution in [0.25, 0.3) is 0 Å². The van der Waals surface area contributed by atoms with Crippen molar-refractivity contribution in [2.24, 2.45) is 0 Å². The molecule has 0 aliphatic heterocycles. The van der Waals surface area contributed by atoms with Crippen LogP contribution in [0.1, 0.15) is 52.6 Å². The summed E-state index contributed by atoms with van der Waals surface area (Å²) in [6, 6.07) is 11.6. The molecule has 0 radical (unpaired) electrons. The fourth-order valence-corrected chi connectivity index (χ4v) is 1.99. The summed E-state index contributed by atoms with van der Waals surface area (Å²) >= 11 is 0. The van der Waals surface area contributed by atoms with Gasteiger partial charge >= 0.3 is 11.9 Å². The monoisotopic (exact) mass is 394 g/mol. The number of aryl methyl sites for hydroxylation is 1. The Morgan fingerprint density at radius 3 is 1.80 bits per heavy atom. The molecule has 0 heterocycles. The summed E-state index contributed by atoms with van der Waals surface area (Å²) in [5.41, 5.74) is 1.92. The minimum atomic E-state index is -1.10. The normalized spacial score (nSPS) is 10.1. The van der Waals surface area contributed by atoms with Crippen molar-refractivity contribution in [3.8, 4) is 5.75 Å². The summed E-state index contributed by atoms with van der Waals surface area (Å²) in [6.07, 6.45) is 0. The molecule has 0 aromatic heterocycles. The summed E-state index contributed by atoms with van der Waals surface area (Å²) in [7, 11) is 0. The fraction of sp³-hybridized carbons (Fsp3) is 0.263. The van der Waals surface area contributed by atoms with E-state index in [9.17, 15) is 14.7 Å². The maximum Gasteiger partial charge on any atom is 0.339 e. The van der Waals surface area contributed by atoms with E-state index in [-0.39, 0.29) is 36.2 Å². The molecule has 0 atom stereocenters. The van der Waals surface area contributed by atoms with Crippen molar-refractivity contribution in [1.29, 1.82) is 0 Å². The SMILES string of the molecule is CC(C)(C)c1ccc(O)c(C(=O)O)c1.Cc1ccccc1C(=O)O.[Zn]. The molecule has 0 spiro atoms. The van der Waals surface area contributed by atoms with Crippen LogP contribution in [-0.4, -0.2) is 27.3 Å². The molecule has 130 valence electrons. The van der Waals surface area contributed by atoms with Gasteiger partial charge in [-0.25, -0.2) is 9.59 Å². The number of hydrogen-bond donors (Lipinski definition) is 3. The maximum absolute atomic E-state index is 10.7. The smallest absolute Gasteiger partial charge is 0.339 e. The Kier molecular flexibility index (Phi) is 8.51. The van der Waals surface area contributed by atoms with Crippen LogP contribution in [0.5, 0.6) is 5.75 Å². The van der Waals surface area contributed by atoms with Crippen LogP contribution in [0.4, 0.5) is 0 Å². The Morgan fingerprint density at radius 1 is 0.880 bits per heavy atom. The second-order valence-corrected chi connectivity index (χ2v) is 6.41. The molecular formula is C19H22O5Zn. The summed E-state index contributed by atoms with van der Waals surface area (Å²) < 4.78 is 0. The standard InChI is InChI=1S/C11H14O3.C8H8O2.Zn/c1-11(2,3)7-4-5-9(12)8(6-7)10(13)14;1-6-4-2-3-5-7(6)8(9)10;/h4-6,12H,1-3H3,(H,13,14);2-5H,1H3,(H,9,10);. The average Bonchev–Trinajstić information content (AvgIpc) is 2.47. The minimum absolute atomic E-state index is 0. The molecule has 0 saturated carbocycles. The van der Waals surface area contributed by atoms with Gasteiger partial charge in [-0.2, -0.15) is 0 Å². The van der Waals surface area contributed by atoms with Gasteiger partial charge in [-0.05, 0) is 41.7 Å². The number of aromatic carboxylic acids is 2. The molecular weight excluding hydrogens is 374 g/mol. The minimum Gasteiger partial charge on any atom is -0.507 e. The second kappa shape index (κ2) is 9.33. The molecule has 0 saturated heterocycles. The topological polar surface area (TPSA) is 94.8 Å². The summed E-state index contributed by atoms with van der Waals surface area (Å²) in [5, 5.41) is 26.7. The van der Waals surface area contributed by atoms with Crippen molar-refractivity contribution in [2.45, 2.75) is 33.1 Å². The first-order valence-corrected chi connectivity index (χ1v) is 7.39. The fourth-order valence-electron chi connectivity index (χ4n) is 1.99. The molecule has 2 aromatic carbocycles. The Bertz CT molecular complexity index is 748. The van der Waals surface area contributed by atoms with E-state index in [1.165, 1.54) is 12.1 Å². The number of aromatic hydroxyl groups is 1. The third kappa shape index (κ3) is 6.67. The molecule has 0 unspecified atom stereocenters. The average molecular weight is 396 g/mol. The predicted molar refractivity (Wildman–Crippen MR) is 91.9 cm³/mol. The van der Waals surface area contributed by atoms with Crippen LogP contribution >= 0.6 is 0 Å². The van der Waals surface area contributed by atoms with Crippen LogP contribution in [-0.2, 0) is 24.9 Å². The number of hydrogen-bond acceptors (Lipinski definition) is 3. The van der Waals surface area contributed by atoms with Gasteiger partial charge in [0.05, 0.1) is 5.56 Å². The van der Waals surface area contributed by atoms with E-state index < -0.39 is 11.9 Å². The first-order chi connectivity index (χ1) is 11.0. The predicted octanol–water partition coefficient (Wildman–Crippen LogP) is 4.08. The van der Waals surface area contributed by atoms with Crippen LogP contribution < -0.4 is 0 Å².